The smallest absolute Gasteiger partial charge is 0.243 e. The highest BCUT2D eigenvalue weighted by atomic mass is 79.9. The van der Waals surface area contributed by atoms with Crippen LogP contribution in [0.2, 0.25) is 0 Å². The molecule has 0 unspecified atom stereocenters. The Hall–Kier alpha value is -1.70. The summed E-state index contributed by atoms with van der Waals surface area (Å²) in [6, 6.07) is 16.1. The molecule has 0 aliphatic carbocycles. The number of carbonyl (C=O) groups excluding carboxylic acids is 1. The topological polar surface area (TPSA) is 66.5 Å². The van der Waals surface area contributed by atoms with Crippen LogP contribution in [0.25, 0.3) is 0 Å². The number of carbonyl (C=O) groups is 1. The van der Waals surface area contributed by atoms with Crippen molar-refractivity contribution >= 4 is 31.9 Å². The molecule has 0 heterocycles. The minimum absolute atomic E-state index is 0.0175. The lowest BCUT2D eigenvalue weighted by Crippen LogP contribution is -2.44. The number of halogens is 1. The second kappa shape index (κ2) is 10.7. The molecule has 0 aliphatic rings. The van der Waals surface area contributed by atoms with E-state index in [2.05, 4.69) is 21.2 Å². The third-order valence-electron chi connectivity index (χ3n) is 4.39. The van der Waals surface area contributed by atoms with Crippen LogP contribution in [-0.4, -0.2) is 37.8 Å². The van der Waals surface area contributed by atoms with Gasteiger partial charge in [0.2, 0.25) is 15.9 Å². The van der Waals surface area contributed by atoms with Gasteiger partial charge in [-0.2, -0.15) is 4.31 Å². The highest BCUT2D eigenvalue weighted by Gasteiger charge is 2.26. The Morgan fingerprint density at radius 3 is 2.36 bits per heavy atom. The van der Waals surface area contributed by atoms with Crippen molar-refractivity contribution in [1.82, 2.24) is 9.62 Å². The maximum atomic E-state index is 13.1. The first kappa shape index (κ1) is 22.6. The molecule has 0 radical (unpaired) electrons. The average Bonchev–Trinajstić information content (AvgIpc) is 2.66. The van der Waals surface area contributed by atoms with Crippen LogP contribution in [0, 0.1) is 0 Å². The van der Waals surface area contributed by atoms with Crippen molar-refractivity contribution in [1.29, 1.82) is 0 Å². The van der Waals surface area contributed by atoms with Crippen molar-refractivity contribution in [2.24, 2.45) is 0 Å². The van der Waals surface area contributed by atoms with Gasteiger partial charge in [0.25, 0.3) is 0 Å². The monoisotopic (exact) mass is 466 g/mol. The third kappa shape index (κ3) is 6.72. The molecule has 152 valence electrons. The van der Waals surface area contributed by atoms with E-state index in [1.165, 1.54) is 4.31 Å². The summed E-state index contributed by atoms with van der Waals surface area (Å²) >= 11 is 3.32. The molecule has 0 spiro atoms. The number of amides is 1. The normalized spacial score (nSPS) is 12.7. The fourth-order valence-corrected chi connectivity index (χ4v) is 4.59. The summed E-state index contributed by atoms with van der Waals surface area (Å²) in [5, 5.41) is 2.89. The fourth-order valence-electron chi connectivity index (χ4n) is 2.92. The zero-order valence-electron chi connectivity index (χ0n) is 16.3. The molecular weight excluding hydrogens is 440 g/mol. The molecule has 0 saturated heterocycles. The number of nitrogens with zero attached hydrogens (tertiary/aromatic N) is 1. The summed E-state index contributed by atoms with van der Waals surface area (Å²) < 4.78 is 28.3. The van der Waals surface area contributed by atoms with Crippen LogP contribution >= 0.6 is 15.9 Å². The maximum absolute atomic E-state index is 13.1. The maximum Gasteiger partial charge on any atom is 0.243 e. The van der Waals surface area contributed by atoms with E-state index in [0.717, 1.165) is 22.9 Å². The first-order valence-electron chi connectivity index (χ1n) is 9.42. The molecule has 1 atom stereocenters. The number of sulfonamides is 1. The molecule has 0 fully saturated rings. The van der Waals surface area contributed by atoms with Crippen molar-refractivity contribution in [2.45, 2.75) is 44.0 Å². The van der Waals surface area contributed by atoms with Gasteiger partial charge < -0.3 is 5.32 Å². The van der Waals surface area contributed by atoms with Crippen molar-refractivity contribution in [2.75, 3.05) is 13.1 Å². The van der Waals surface area contributed by atoms with Crippen LogP contribution in [0.3, 0.4) is 0 Å². The van der Waals surface area contributed by atoms with Crippen molar-refractivity contribution < 1.29 is 13.2 Å². The van der Waals surface area contributed by atoms with Crippen LogP contribution in [-0.2, 0) is 21.2 Å². The van der Waals surface area contributed by atoms with Gasteiger partial charge in [-0.3, -0.25) is 4.79 Å². The molecule has 2 aromatic rings. The largest absolute Gasteiger partial charge is 0.353 e. The molecule has 0 saturated carbocycles. The Bertz CT molecular complexity index is 855. The van der Waals surface area contributed by atoms with E-state index in [4.69, 9.17) is 0 Å². The first-order valence-corrected chi connectivity index (χ1v) is 11.6. The molecule has 28 heavy (non-hydrogen) atoms. The summed E-state index contributed by atoms with van der Waals surface area (Å²) in [7, 11) is -3.78. The van der Waals surface area contributed by atoms with Crippen molar-refractivity contribution in [3.05, 3.63) is 64.6 Å². The first-order chi connectivity index (χ1) is 13.3. The van der Waals surface area contributed by atoms with E-state index < -0.39 is 10.0 Å². The Kier molecular flexibility index (Phi) is 8.66. The highest BCUT2D eigenvalue weighted by Crippen LogP contribution is 2.19. The van der Waals surface area contributed by atoms with E-state index in [0.29, 0.717) is 6.42 Å². The lowest BCUT2D eigenvalue weighted by molar-refractivity contribution is -0.121. The second-order valence-electron chi connectivity index (χ2n) is 6.79. The molecule has 2 aromatic carbocycles. The number of nitrogens with one attached hydrogen (secondary N) is 1. The van der Waals surface area contributed by atoms with E-state index >= 15 is 0 Å². The highest BCUT2D eigenvalue weighted by molar-refractivity contribution is 9.10. The molecule has 0 bridgehead atoms. The SMILES string of the molecule is CCC[C@@H](C)NC(=O)CN(CCc1ccccc1)S(=O)(=O)c1ccc(Br)cc1. The quantitative estimate of drug-likeness (QED) is 0.575. The lowest BCUT2D eigenvalue weighted by atomic mass is 10.1. The number of hydrogen-bond donors (Lipinski definition) is 1. The third-order valence-corrected chi connectivity index (χ3v) is 6.78. The van der Waals surface area contributed by atoms with Crippen LogP contribution in [0.4, 0.5) is 0 Å². The van der Waals surface area contributed by atoms with Gasteiger partial charge in [0.15, 0.2) is 0 Å². The fraction of sp³-hybridized carbons (Fsp3) is 0.381. The molecule has 1 amide bonds. The summed E-state index contributed by atoms with van der Waals surface area (Å²) in [5.74, 6) is -0.283. The minimum Gasteiger partial charge on any atom is -0.353 e. The molecule has 1 N–H and O–H groups in total. The van der Waals surface area contributed by atoms with Gasteiger partial charge >= 0.3 is 0 Å². The van der Waals surface area contributed by atoms with Crippen LogP contribution in [0.1, 0.15) is 32.3 Å². The Morgan fingerprint density at radius 1 is 1.11 bits per heavy atom. The summed E-state index contributed by atoms with van der Waals surface area (Å²) in [6.45, 7) is 4.02. The van der Waals surface area contributed by atoms with Gasteiger partial charge in [0.05, 0.1) is 11.4 Å². The standard InChI is InChI=1S/C21H27BrN2O3S/c1-3-7-17(2)23-21(25)16-24(15-14-18-8-5-4-6-9-18)28(26,27)20-12-10-19(22)11-13-20/h4-6,8-13,17H,3,7,14-16H2,1-2H3,(H,23,25)/t17-/m1/s1. The zero-order valence-corrected chi connectivity index (χ0v) is 18.7. The zero-order chi connectivity index (χ0) is 20.6. The molecule has 5 nitrogen and oxygen atoms in total. The van der Waals surface area contributed by atoms with E-state index in [1.807, 2.05) is 44.2 Å². The summed E-state index contributed by atoms with van der Waals surface area (Å²) in [5.41, 5.74) is 1.03. The number of hydrogen-bond acceptors (Lipinski definition) is 3. The molecule has 0 aromatic heterocycles. The van der Waals surface area contributed by atoms with Crippen molar-refractivity contribution in [3.8, 4) is 0 Å². The van der Waals surface area contributed by atoms with E-state index in [1.54, 1.807) is 24.3 Å². The van der Waals surface area contributed by atoms with E-state index in [-0.39, 0.29) is 29.9 Å². The summed E-state index contributed by atoms with van der Waals surface area (Å²) in [6.07, 6.45) is 2.35. The average molecular weight is 467 g/mol. The molecular formula is C21H27BrN2O3S. The van der Waals surface area contributed by atoms with Crippen LogP contribution in [0.15, 0.2) is 64.0 Å². The second-order valence-corrected chi connectivity index (χ2v) is 9.64. The Balaban J connectivity index is 2.19. The Labute approximate surface area is 176 Å². The van der Waals surface area contributed by atoms with Gasteiger partial charge in [-0.05, 0) is 49.6 Å². The van der Waals surface area contributed by atoms with E-state index in [9.17, 15) is 13.2 Å². The van der Waals surface area contributed by atoms with Gasteiger partial charge in [-0.1, -0.05) is 59.6 Å². The molecule has 2 rings (SSSR count). The van der Waals surface area contributed by atoms with Gasteiger partial charge in [0, 0.05) is 17.1 Å². The van der Waals surface area contributed by atoms with Gasteiger partial charge in [-0.25, -0.2) is 8.42 Å². The number of rotatable bonds is 10. The minimum atomic E-state index is -3.78. The van der Waals surface area contributed by atoms with Crippen molar-refractivity contribution in [3.63, 3.8) is 0 Å². The number of benzene rings is 2. The van der Waals surface area contributed by atoms with Crippen LogP contribution < -0.4 is 5.32 Å². The predicted octanol–water partition coefficient (Wildman–Crippen LogP) is 3.99. The van der Waals surface area contributed by atoms with Gasteiger partial charge in [-0.15, -0.1) is 0 Å². The Morgan fingerprint density at radius 2 is 1.75 bits per heavy atom. The predicted molar refractivity (Wildman–Crippen MR) is 116 cm³/mol. The van der Waals surface area contributed by atoms with Crippen LogP contribution in [0.5, 0.6) is 0 Å². The lowest BCUT2D eigenvalue weighted by Gasteiger charge is -2.23. The molecule has 7 heteroatoms. The molecule has 0 aliphatic heterocycles. The summed E-state index contributed by atoms with van der Waals surface area (Å²) in [4.78, 5) is 12.6. The van der Waals surface area contributed by atoms with Gasteiger partial charge in [0.1, 0.15) is 0 Å².